The first-order valence-electron chi connectivity index (χ1n) is 7.72. The Bertz CT molecular complexity index is 560. The molecule has 1 aromatic carbocycles. The summed E-state index contributed by atoms with van der Waals surface area (Å²) in [5, 5.41) is 6.50. The van der Waals surface area contributed by atoms with E-state index < -0.39 is 0 Å². The van der Waals surface area contributed by atoms with Crippen LogP contribution in [0, 0.1) is 0 Å². The molecule has 0 saturated carbocycles. The lowest BCUT2D eigenvalue weighted by molar-refractivity contribution is 0.0751. The van der Waals surface area contributed by atoms with E-state index in [4.69, 9.17) is 9.94 Å². The lowest BCUT2D eigenvalue weighted by Gasteiger charge is -2.24. The van der Waals surface area contributed by atoms with Gasteiger partial charge in [-0.2, -0.15) is 0 Å². The number of ether oxygens (including phenoxy) is 1. The van der Waals surface area contributed by atoms with E-state index in [9.17, 15) is 4.79 Å². The van der Waals surface area contributed by atoms with Crippen molar-refractivity contribution in [2.75, 3.05) is 32.1 Å². The summed E-state index contributed by atoms with van der Waals surface area (Å²) in [5.41, 5.74) is 2.84. The van der Waals surface area contributed by atoms with Gasteiger partial charge in [0.25, 0.3) is 5.91 Å². The first kappa shape index (κ1) is 21.9. The highest BCUT2D eigenvalue weighted by molar-refractivity contribution is 6.01. The molecule has 0 aromatic heterocycles. The van der Waals surface area contributed by atoms with Crippen molar-refractivity contribution in [1.82, 2.24) is 4.90 Å². The summed E-state index contributed by atoms with van der Waals surface area (Å²) in [7, 11) is 3.65. The number of anilines is 1. The second kappa shape index (κ2) is 9.95. The fourth-order valence-corrected chi connectivity index (χ4v) is 2.99. The van der Waals surface area contributed by atoms with Gasteiger partial charge in [0.1, 0.15) is 5.75 Å². The zero-order chi connectivity index (χ0) is 17.6. The van der Waals surface area contributed by atoms with Crippen LogP contribution < -0.4 is 15.5 Å². The van der Waals surface area contributed by atoms with Gasteiger partial charge in [-0.25, -0.2) is 5.90 Å². The van der Waals surface area contributed by atoms with Gasteiger partial charge in [0.2, 0.25) is 0 Å². The first-order chi connectivity index (χ1) is 11.1. The molecule has 0 radical (unpaired) electrons. The van der Waals surface area contributed by atoms with Crippen molar-refractivity contribution >= 4 is 11.6 Å². The molecule has 1 saturated heterocycles. The predicted molar refractivity (Wildman–Crippen MR) is 98.9 cm³/mol. The smallest absolute Gasteiger partial charge is 0.256 e. The molecule has 1 amide bonds. The standard InChI is InChI=1S/C15H18N2O2.C2H6.CH4.H3NO/c1-10-6-11-9-16(2)14-5-4-12(19-3)7-13(14)15(18)17(11)8-10;1-2;;1-2/h4-5,7,11H,1,6,8-9H2,2-3H3;1-2H3;1H4;2H,1H2. The average Bonchev–Trinajstić information content (AvgIpc) is 2.93. The number of fused-ring (bicyclic) bond motifs is 2. The monoisotopic (exact) mass is 337 g/mol. The molecular formula is C18H31N3O3. The van der Waals surface area contributed by atoms with Crippen molar-refractivity contribution in [2.45, 2.75) is 33.7 Å². The van der Waals surface area contributed by atoms with Crippen LogP contribution in [0.3, 0.4) is 0 Å². The first-order valence-corrected chi connectivity index (χ1v) is 7.72. The van der Waals surface area contributed by atoms with E-state index >= 15 is 0 Å². The van der Waals surface area contributed by atoms with Crippen LogP contribution in [-0.4, -0.2) is 49.3 Å². The zero-order valence-corrected chi connectivity index (χ0v) is 14.4. The van der Waals surface area contributed by atoms with E-state index in [0.29, 0.717) is 6.54 Å². The molecule has 1 atom stereocenters. The lowest BCUT2D eigenvalue weighted by atomic mass is 10.1. The van der Waals surface area contributed by atoms with Crippen molar-refractivity contribution in [2.24, 2.45) is 5.90 Å². The number of carbonyl (C=O) groups is 1. The van der Waals surface area contributed by atoms with Gasteiger partial charge < -0.3 is 19.7 Å². The Balaban J connectivity index is 0.000000987. The van der Waals surface area contributed by atoms with Crippen LogP contribution in [0.5, 0.6) is 5.75 Å². The molecule has 0 spiro atoms. The van der Waals surface area contributed by atoms with Crippen molar-refractivity contribution < 1.29 is 14.7 Å². The van der Waals surface area contributed by atoms with E-state index in [1.165, 1.54) is 0 Å². The third-order valence-corrected chi connectivity index (χ3v) is 3.95. The minimum atomic E-state index is 0. The number of nitrogens with zero attached hydrogens (tertiary/aromatic N) is 2. The molecule has 3 N–H and O–H groups in total. The number of hydrogen-bond donors (Lipinski definition) is 2. The van der Waals surface area contributed by atoms with Crippen molar-refractivity contribution in [3.63, 3.8) is 0 Å². The number of rotatable bonds is 1. The summed E-state index contributed by atoms with van der Waals surface area (Å²) in [5.74, 6) is 4.30. The molecule has 1 unspecified atom stereocenters. The zero-order valence-electron chi connectivity index (χ0n) is 14.4. The number of amides is 1. The predicted octanol–water partition coefficient (Wildman–Crippen LogP) is 2.91. The van der Waals surface area contributed by atoms with Crippen molar-refractivity contribution in [3.8, 4) is 5.75 Å². The molecule has 1 fully saturated rings. The third kappa shape index (κ3) is 4.27. The Morgan fingerprint density at radius 2 is 1.96 bits per heavy atom. The van der Waals surface area contributed by atoms with Crippen LogP contribution >= 0.6 is 0 Å². The van der Waals surface area contributed by atoms with Crippen LogP contribution in [0.4, 0.5) is 5.69 Å². The second-order valence-corrected chi connectivity index (χ2v) is 5.30. The molecule has 6 heteroatoms. The number of nitrogens with two attached hydrogens (primary N) is 1. The molecule has 6 nitrogen and oxygen atoms in total. The Hall–Kier alpha value is -2.05. The Morgan fingerprint density at radius 3 is 2.54 bits per heavy atom. The Morgan fingerprint density at radius 1 is 1.33 bits per heavy atom. The average molecular weight is 337 g/mol. The third-order valence-electron chi connectivity index (χ3n) is 3.95. The SMILES string of the molecule is C.C=C1CC2CN(C)c3ccc(OC)cc3C(=O)N2C1.CC.NO. The highest BCUT2D eigenvalue weighted by Crippen LogP contribution is 2.33. The normalized spacial score (nSPS) is 18.0. The highest BCUT2D eigenvalue weighted by Gasteiger charge is 2.36. The minimum absolute atomic E-state index is 0. The largest absolute Gasteiger partial charge is 0.497 e. The molecule has 3 rings (SSSR count). The maximum Gasteiger partial charge on any atom is 0.256 e. The summed E-state index contributed by atoms with van der Waals surface area (Å²) in [4.78, 5) is 16.8. The van der Waals surface area contributed by atoms with Gasteiger partial charge >= 0.3 is 0 Å². The van der Waals surface area contributed by atoms with Crippen LogP contribution in [0.1, 0.15) is 38.1 Å². The van der Waals surface area contributed by atoms with E-state index in [-0.39, 0.29) is 19.4 Å². The molecule has 1 aromatic rings. The summed E-state index contributed by atoms with van der Waals surface area (Å²) >= 11 is 0. The van der Waals surface area contributed by atoms with Gasteiger partial charge in [0, 0.05) is 25.8 Å². The van der Waals surface area contributed by atoms with Crippen LogP contribution in [0.25, 0.3) is 0 Å². The minimum Gasteiger partial charge on any atom is -0.497 e. The van der Waals surface area contributed by atoms with E-state index in [2.05, 4.69) is 17.4 Å². The summed E-state index contributed by atoms with van der Waals surface area (Å²) in [6.07, 6.45) is 0.904. The van der Waals surface area contributed by atoms with Gasteiger partial charge in [-0.15, -0.1) is 0 Å². The fourth-order valence-electron chi connectivity index (χ4n) is 2.99. The Kier molecular flexibility index (Phi) is 9.10. The summed E-state index contributed by atoms with van der Waals surface area (Å²) < 4.78 is 5.23. The fraction of sp³-hybridized carbons (Fsp3) is 0.500. The number of hydrogen-bond acceptors (Lipinski definition) is 5. The molecule has 2 aliphatic rings. The molecule has 0 bridgehead atoms. The van der Waals surface area contributed by atoms with E-state index in [1.807, 2.05) is 44.0 Å². The molecule has 136 valence electrons. The van der Waals surface area contributed by atoms with Crippen LogP contribution in [-0.2, 0) is 0 Å². The number of methoxy groups -OCH3 is 1. The summed E-state index contributed by atoms with van der Waals surface area (Å²) in [6, 6.07) is 5.93. The number of benzene rings is 1. The maximum absolute atomic E-state index is 12.7. The van der Waals surface area contributed by atoms with Crippen molar-refractivity contribution in [1.29, 1.82) is 0 Å². The van der Waals surface area contributed by atoms with Gasteiger partial charge in [0.05, 0.1) is 18.7 Å². The van der Waals surface area contributed by atoms with Gasteiger partial charge in [-0.1, -0.05) is 33.4 Å². The number of likely N-dealkylation sites (N-methyl/N-ethyl adjacent to an activating group) is 1. The molecule has 0 aliphatic carbocycles. The van der Waals surface area contributed by atoms with E-state index in [1.54, 1.807) is 7.11 Å². The molecule has 24 heavy (non-hydrogen) atoms. The quantitative estimate of drug-likeness (QED) is 0.608. The maximum atomic E-state index is 12.7. The Labute approximate surface area is 145 Å². The van der Waals surface area contributed by atoms with Gasteiger partial charge in [-0.3, -0.25) is 4.79 Å². The summed E-state index contributed by atoms with van der Waals surface area (Å²) in [6.45, 7) is 9.55. The van der Waals surface area contributed by atoms with Gasteiger partial charge in [-0.05, 0) is 24.6 Å². The van der Waals surface area contributed by atoms with Crippen molar-refractivity contribution in [3.05, 3.63) is 35.9 Å². The molecule has 2 aliphatic heterocycles. The topological polar surface area (TPSA) is 79.0 Å². The second-order valence-electron chi connectivity index (χ2n) is 5.30. The van der Waals surface area contributed by atoms with Gasteiger partial charge in [0.15, 0.2) is 0 Å². The van der Waals surface area contributed by atoms with Crippen LogP contribution in [0.2, 0.25) is 0 Å². The van der Waals surface area contributed by atoms with E-state index in [0.717, 1.165) is 35.5 Å². The lowest BCUT2D eigenvalue weighted by Crippen LogP contribution is -2.38. The number of carbonyl (C=O) groups excluding carboxylic acids is 1. The highest BCUT2D eigenvalue weighted by atomic mass is 16.5. The molecular weight excluding hydrogens is 306 g/mol. The molecule has 2 heterocycles. The van der Waals surface area contributed by atoms with Crippen LogP contribution in [0.15, 0.2) is 30.4 Å².